The molecule has 1 rings (SSSR count). The van der Waals surface area contributed by atoms with Gasteiger partial charge >= 0.3 is 5.97 Å². The van der Waals surface area contributed by atoms with Crippen LogP contribution in [0.4, 0.5) is 0 Å². The molecule has 1 aliphatic carbocycles. The number of halogens is 1. The van der Waals surface area contributed by atoms with E-state index in [1.165, 1.54) is 0 Å². The first-order chi connectivity index (χ1) is 6.46. The van der Waals surface area contributed by atoms with E-state index in [1.807, 2.05) is 29.5 Å². The van der Waals surface area contributed by atoms with Crippen LogP contribution in [-0.4, -0.2) is 25.2 Å². The number of carboxylic acids is 1. The van der Waals surface area contributed by atoms with Crippen molar-refractivity contribution in [3.8, 4) is 0 Å². The van der Waals surface area contributed by atoms with Crippen LogP contribution in [0.3, 0.4) is 0 Å². The number of alkyl halides is 1. The average molecular weight is 312 g/mol. The Morgan fingerprint density at radius 2 is 2.00 bits per heavy atom. The molecule has 0 aromatic heterocycles. The Kier molecular flexibility index (Phi) is 3.80. The predicted octanol–water partition coefficient (Wildman–Crippen LogP) is 2.35. The van der Waals surface area contributed by atoms with Crippen molar-refractivity contribution in [1.82, 2.24) is 0 Å². The van der Waals surface area contributed by atoms with Crippen LogP contribution in [0.5, 0.6) is 0 Å². The minimum absolute atomic E-state index is 0.583. The van der Waals surface area contributed by atoms with Gasteiger partial charge in [-0.15, -0.1) is 0 Å². The summed E-state index contributed by atoms with van der Waals surface area (Å²) < 4.78 is -0.973. The molecule has 0 unspecified atom stereocenters. The van der Waals surface area contributed by atoms with Gasteiger partial charge in [0.15, 0.2) is 0 Å². The summed E-state index contributed by atoms with van der Waals surface area (Å²) >= 11 is 1.93. The van der Waals surface area contributed by atoms with Crippen LogP contribution in [0.1, 0.15) is 45.4 Å². The first-order valence-electron chi connectivity index (χ1n) is 5.11. The maximum absolute atomic E-state index is 11.2. The zero-order chi connectivity index (χ0) is 10.8. The number of rotatable bonds is 3. The van der Waals surface area contributed by atoms with E-state index in [-0.39, 0.29) is 0 Å². The Morgan fingerprint density at radius 3 is 2.50 bits per heavy atom. The quantitative estimate of drug-likeness (QED) is 0.621. The van der Waals surface area contributed by atoms with E-state index in [0.29, 0.717) is 19.3 Å². The van der Waals surface area contributed by atoms with Crippen molar-refractivity contribution in [2.45, 2.75) is 54.5 Å². The third-order valence-electron chi connectivity index (χ3n) is 3.10. The maximum atomic E-state index is 11.2. The van der Waals surface area contributed by atoms with Crippen molar-refractivity contribution >= 4 is 28.6 Å². The van der Waals surface area contributed by atoms with Gasteiger partial charge in [-0.05, 0) is 19.3 Å². The van der Waals surface area contributed by atoms with Crippen LogP contribution in [0.25, 0.3) is 0 Å². The molecule has 14 heavy (non-hydrogen) atoms. The van der Waals surface area contributed by atoms with Crippen molar-refractivity contribution in [2.75, 3.05) is 0 Å². The van der Waals surface area contributed by atoms with Gasteiger partial charge in [-0.25, -0.2) is 0 Å². The number of carboxylic acid groups (broad SMARTS) is 1. The molecule has 2 atom stereocenters. The average Bonchev–Trinajstić information content (AvgIpc) is 2.10. The van der Waals surface area contributed by atoms with E-state index in [9.17, 15) is 15.0 Å². The maximum Gasteiger partial charge on any atom is 0.322 e. The summed E-state index contributed by atoms with van der Waals surface area (Å²) in [5.74, 6) is -0.867. The summed E-state index contributed by atoms with van der Waals surface area (Å²) in [5, 5.41) is 19.6. The third-order valence-corrected chi connectivity index (χ3v) is 5.11. The number of aliphatic hydroxyl groups is 1. The Morgan fingerprint density at radius 1 is 1.43 bits per heavy atom. The van der Waals surface area contributed by atoms with Crippen LogP contribution in [0.15, 0.2) is 0 Å². The summed E-state index contributed by atoms with van der Waals surface area (Å²) in [5.41, 5.74) is -1.01. The Labute approximate surface area is 98.0 Å². The molecule has 0 bridgehead atoms. The molecule has 4 heteroatoms. The van der Waals surface area contributed by atoms with E-state index >= 15 is 0 Å². The molecule has 0 saturated heterocycles. The second-order valence-corrected chi connectivity index (χ2v) is 5.94. The van der Waals surface area contributed by atoms with Gasteiger partial charge in [0.05, 0.1) is 5.60 Å². The first kappa shape index (κ1) is 12.2. The van der Waals surface area contributed by atoms with Gasteiger partial charge in [0.25, 0.3) is 0 Å². The van der Waals surface area contributed by atoms with E-state index < -0.39 is 15.0 Å². The van der Waals surface area contributed by atoms with Gasteiger partial charge in [0.1, 0.15) is 3.42 Å². The van der Waals surface area contributed by atoms with Crippen LogP contribution in [0.2, 0.25) is 0 Å². The minimum Gasteiger partial charge on any atom is -0.480 e. The second-order valence-electron chi connectivity index (χ2n) is 4.10. The highest BCUT2D eigenvalue weighted by Gasteiger charge is 2.54. The normalized spacial score (nSPS) is 38.2. The van der Waals surface area contributed by atoms with Crippen molar-refractivity contribution in [3.63, 3.8) is 0 Å². The number of carbonyl (C=O) groups is 1. The van der Waals surface area contributed by atoms with Crippen LogP contribution >= 0.6 is 22.6 Å². The number of hydrogen-bond donors (Lipinski definition) is 2. The zero-order valence-corrected chi connectivity index (χ0v) is 10.6. The van der Waals surface area contributed by atoms with Gasteiger partial charge in [0, 0.05) is 0 Å². The molecule has 1 fully saturated rings. The molecule has 0 amide bonds. The lowest BCUT2D eigenvalue weighted by atomic mass is 9.73. The van der Waals surface area contributed by atoms with Gasteiger partial charge in [-0.1, -0.05) is 48.8 Å². The fourth-order valence-electron chi connectivity index (χ4n) is 2.26. The summed E-state index contributed by atoms with van der Waals surface area (Å²) in [6.07, 6.45) is 4.46. The minimum atomic E-state index is -1.01. The van der Waals surface area contributed by atoms with Crippen LogP contribution in [-0.2, 0) is 4.79 Å². The zero-order valence-electron chi connectivity index (χ0n) is 8.42. The third kappa shape index (κ3) is 1.91. The standard InChI is InChI=1S/C10H17IO3/c1-2-5-9(14)6-3-4-7-10(9,11)8(12)13/h14H,2-7H2,1H3,(H,12,13)/t9-,10+/m1/s1. The lowest BCUT2D eigenvalue weighted by molar-refractivity contribution is -0.150. The van der Waals surface area contributed by atoms with Crippen LogP contribution < -0.4 is 0 Å². The molecular weight excluding hydrogens is 295 g/mol. The van der Waals surface area contributed by atoms with Crippen LogP contribution in [0, 0.1) is 0 Å². The Balaban J connectivity index is 2.93. The van der Waals surface area contributed by atoms with Gasteiger partial charge in [0.2, 0.25) is 0 Å². The largest absolute Gasteiger partial charge is 0.480 e. The highest BCUT2D eigenvalue weighted by molar-refractivity contribution is 14.1. The fourth-order valence-corrected chi connectivity index (χ4v) is 3.18. The molecule has 1 aliphatic rings. The smallest absolute Gasteiger partial charge is 0.322 e. The van der Waals surface area contributed by atoms with Crippen molar-refractivity contribution in [2.24, 2.45) is 0 Å². The molecular formula is C10H17IO3. The summed E-state index contributed by atoms with van der Waals surface area (Å²) in [6, 6.07) is 0. The number of aliphatic carboxylic acids is 1. The molecule has 2 N–H and O–H groups in total. The molecule has 1 saturated carbocycles. The molecule has 0 spiro atoms. The molecule has 0 heterocycles. The predicted molar refractivity (Wildman–Crippen MR) is 62.7 cm³/mol. The van der Waals surface area contributed by atoms with Crippen molar-refractivity contribution < 1.29 is 15.0 Å². The van der Waals surface area contributed by atoms with E-state index in [0.717, 1.165) is 19.3 Å². The van der Waals surface area contributed by atoms with E-state index in [1.54, 1.807) is 0 Å². The summed E-state index contributed by atoms with van der Waals surface area (Å²) in [6.45, 7) is 1.98. The fraction of sp³-hybridized carbons (Fsp3) is 0.900. The molecule has 0 aromatic rings. The summed E-state index contributed by atoms with van der Waals surface area (Å²) in [7, 11) is 0. The second kappa shape index (κ2) is 4.35. The van der Waals surface area contributed by atoms with E-state index in [2.05, 4.69) is 0 Å². The molecule has 3 nitrogen and oxygen atoms in total. The van der Waals surface area contributed by atoms with E-state index in [4.69, 9.17) is 0 Å². The summed E-state index contributed by atoms with van der Waals surface area (Å²) in [4.78, 5) is 11.2. The van der Waals surface area contributed by atoms with Crippen molar-refractivity contribution in [1.29, 1.82) is 0 Å². The Hall–Kier alpha value is 0.160. The topological polar surface area (TPSA) is 57.5 Å². The SMILES string of the molecule is CCC[C@@]1(O)CCCC[C@]1(I)C(=O)O. The highest BCUT2D eigenvalue weighted by Crippen LogP contribution is 2.46. The lowest BCUT2D eigenvalue weighted by Gasteiger charge is -2.44. The molecule has 0 radical (unpaired) electrons. The first-order valence-corrected chi connectivity index (χ1v) is 6.19. The monoisotopic (exact) mass is 312 g/mol. The lowest BCUT2D eigenvalue weighted by Crippen LogP contribution is -2.56. The molecule has 82 valence electrons. The van der Waals surface area contributed by atoms with Crippen molar-refractivity contribution in [3.05, 3.63) is 0 Å². The number of hydrogen-bond acceptors (Lipinski definition) is 2. The molecule has 0 aliphatic heterocycles. The Bertz CT molecular complexity index is 227. The highest BCUT2D eigenvalue weighted by atomic mass is 127. The van der Waals surface area contributed by atoms with Gasteiger partial charge in [-0.2, -0.15) is 0 Å². The van der Waals surface area contributed by atoms with Gasteiger partial charge in [-0.3, -0.25) is 4.79 Å². The van der Waals surface area contributed by atoms with Gasteiger partial charge < -0.3 is 10.2 Å². The molecule has 0 aromatic carbocycles.